The molecule has 4 heterocycles. The Bertz CT molecular complexity index is 1560. The standard InChI is InChI=1S/C24H15N3O3S/c1-13-8-9-16-18(11-13)31-24(26-16)27-20(14-5-4-10-25-12-14)19-21(28)15-6-2-3-7-17(15)30-22(19)23(27)29/h2-12,20H,1H3/t20-/m0/s1. The van der Waals surface area contributed by atoms with Gasteiger partial charge in [-0.2, -0.15) is 0 Å². The number of hydrogen-bond acceptors (Lipinski definition) is 6. The number of nitrogens with zero attached hydrogens (tertiary/aromatic N) is 3. The summed E-state index contributed by atoms with van der Waals surface area (Å²) in [5.74, 6) is -0.310. The minimum absolute atomic E-state index is 0.0630. The van der Waals surface area contributed by atoms with Gasteiger partial charge in [-0.05, 0) is 48.4 Å². The minimum Gasteiger partial charge on any atom is -0.450 e. The molecule has 1 aliphatic rings. The van der Waals surface area contributed by atoms with E-state index in [0.717, 1.165) is 21.3 Å². The van der Waals surface area contributed by atoms with Crippen LogP contribution in [0.4, 0.5) is 5.13 Å². The third-order valence-electron chi connectivity index (χ3n) is 5.52. The fourth-order valence-corrected chi connectivity index (χ4v) is 5.18. The number of aryl methyl sites for hydroxylation is 1. The van der Waals surface area contributed by atoms with Gasteiger partial charge in [-0.1, -0.05) is 35.6 Å². The van der Waals surface area contributed by atoms with E-state index in [1.54, 1.807) is 47.6 Å². The van der Waals surface area contributed by atoms with Crippen LogP contribution in [0, 0.1) is 6.92 Å². The molecule has 0 radical (unpaired) electrons. The molecule has 0 saturated carbocycles. The Morgan fingerprint density at radius 1 is 1.06 bits per heavy atom. The molecule has 150 valence electrons. The van der Waals surface area contributed by atoms with Crippen LogP contribution in [0.5, 0.6) is 0 Å². The topological polar surface area (TPSA) is 76.3 Å². The SMILES string of the molecule is Cc1ccc2nc(N3C(=O)c4oc5ccccc5c(=O)c4[C@@H]3c3cccnc3)sc2c1. The van der Waals surface area contributed by atoms with Gasteiger partial charge in [0.1, 0.15) is 5.58 Å². The van der Waals surface area contributed by atoms with E-state index < -0.39 is 6.04 Å². The van der Waals surface area contributed by atoms with Crippen molar-refractivity contribution >= 4 is 43.6 Å². The maximum Gasteiger partial charge on any atom is 0.297 e. The summed E-state index contributed by atoms with van der Waals surface area (Å²) >= 11 is 1.42. The first-order chi connectivity index (χ1) is 15.1. The van der Waals surface area contributed by atoms with Crippen LogP contribution in [-0.4, -0.2) is 15.9 Å². The fraction of sp³-hybridized carbons (Fsp3) is 0.0833. The van der Waals surface area contributed by atoms with Crippen molar-refractivity contribution in [2.24, 2.45) is 0 Å². The van der Waals surface area contributed by atoms with Crippen molar-refractivity contribution in [3.05, 3.63) is 99.7 Å². The minimum atomic E-state index is -0.654. The van der Waals surface area contributed by atoms with E-state index in [9.17, 15) is 9.59 Å². The number of pyridine rings is 1. The number of carbonyl (C=O) groups is 1. The van der Waals surface area contributed by atoms with Crippen LogP contribution < -0.4 is 10.3 Å². The molecular weight excluding hydrogens is 410 g/mol. The molecule has 0 unspecified atom stereocenters. The predicted octanol–water partition coefficient (Wildman–Crippen LogP) is 4.86. The predicted molar refractivity (Wildman–Crippen MR) is 120 cm³/mol. The van der Waals surface area contributed by atoms with Gasteiger partial charge in [0.2, 0.25) is 5.76 Å². The first-order valence-corrected chi connectivity index (χ1v) is 10.6. The van der Waals surface area contributed by atoms with Crippen LogP contribution >= 0.6 is 11.3 Å². The highest BCUT2D eigenvalue weighted by molar-refractivity contribution is 7.22. The molecule has 0 fully saturated rings. The average molecular weight is 425 g/mol. The van der Waals surface area contributed by atoms with Crippen molar-refractivity contribution in [2.45, 2.75) is 13.0 Å². The quantitative estimate of drug-likeness (QED) is 0.404. The normalized spacial score (nSPS) is 15.7. The van der Waals surface area contributed by atoms with Gasteiger partial charge in [-0.3, -0.25) is 19.5 Å². The van der Waals surface area contributed by atoms with E-state index in [1.807, 2.05) is 31.2 Å². The van der Waals surface area contributed by atoms with E-state index in [2.05, 4.69) is 4.98 Å². The number of amides is 1. The van der Waals surface area contributed by atoms with Gasteiger partial charge >= 0.3 is 0 Å². The molecule has 0 aliphatic carbocycles. The lowest BCUT2D eigenvalue weighted by atomic mass is 10.0. The third-order valence-corrected chi connectivity index (χ3v) is 6.53. The van der Waals surface area contributed by atoms with Gasteiger partial charge in [0, 0.05) is 12.4 Å². The molecule has 2 aromatic carbocycles. The van der Waals surface area contributed by atoms with Crippen LogP contribution in [0.25, 0.3) is 21.2 Å². The summed E-state index contributed by atoms with van der Waals surface area (Å²) in [6.45, 7) is 2.02. The summed E-state index contributed by atoms with van der Waals surface area (Å²) in [7, 11) is 0. The zero-order valence-electron chi connectivity index (χ0n) is 16.4. The average Bonchev–Trinajstić information content (AvgIpc) is 3.33. The molecular formula is C24H15N3O3S. The summed E-state index contributed by atoms with van der Waals surface area (Å²) in [6.07, 6.45) is 3.33. The van der Waals surface area contributed by atoms with Gasteiger partial charge in [-0.25, -0.2) is 4.98 Å². The van der Waals surface area contributed by atoms with Crippen molar-refractivity contribution in [1.82, 2.24) is 9.97 Å². The van der Waals surface area contributed by atoms with E-state index >= 15 is 0 Å². The lowest BCUT2D eigenvalue weighted by Gasteiger charge is -2.22. The highest BCUT2D eigenvalue weighted by atomic mass is 32.1. The number of benzene rings is 2. The summed E-state index contributed by atoms with van der Waals surface area (Å²) in [4.78, 5) is 37.5. The van der Waals surface area contributed by atoms with Crippen LogP contribution in [0.2, 0.25) is 0 Å². The van der Waals surface area contributed by atoms with Crippen LogP contribution in [0.15, 0.2) is 76.2 Å². The van der Waals surface area contributed by atoms with E-state index in [4.69, 9.17) is 9.40 Å². The first-order valence-electron chi connectivity index (χ1n) is 9.78. The summed E-state index contributed by atoms with van der Waals surface area (Å²) in [5.41, 5.74) is 3.17. The van der Waals surface area contributed by atoms with Crippen molar-refractivity contribution in [3.63, 3.8) is 0 Å². The second kappa shape index (κ2) is 6.58. The molecule has 0 bridgehead atoms. The molecule has 0 saturated heterocycles. The van der Waals surface area contributed by atoms with Gasteiger partial charge in [0.15, 0.2) is 10.6 Å². The highest BCUT2D eigenvalue weighted by Gasteiger charge is 2.45. The van der Waals surface area contributed by atoms with Crippen molar-refractivity contribution < 1.29 is 9.21 Å². The molecule has 1 aliphatic heterocycles. The molecule has 5 aromatic rings. The van der Waals surface area contributed by atoms with Gasteiger partial charge < -0.3 is 4.42 Å². The summed E-state index contributed by atoms with van der Waals surface area (Å²) in [6, 6.07) is 16.0. The Hall–Kier alpha value is -3.84. The van der Waals surface area contributed by atoms with Crippen molar-refractivity contribution in [2.75, 3.05) is 4.90 Å². The zero-order chi connectivity index (χ0) is 21.1. The molecule has 3 aromatic heterocycles. The van der Waals surface area contributed by atoms with Crippen molar-refractivity contribution in [1.29, 1.82) is 0 Å². The second-order valence-corrected chi connectivity index (χ2v) is 8.51. The van der Waals surface area contributed by atoms with E-state index in [-0.39, 0.29) is 17.1 Å². The number of rotatable bonds is 2. The molecule has 6 rings (SSSR count). The second-order valence-electron chi connectivity index (χ2n) is 7.50. The number of aromatic nitrogens is 2. The fourth-order valence-electron chi connectivity index (χ4n) is 4.09. The number of para-hydroxylation sites is 1. The Morgan fingerprint density at radius 3 is 2.77 bits per heavy atom. The smallest absolute Gasteiger partial charge is 0.297 e. The summed E-state index contributed by atoms with van der Waals surface area (Å²) < 4.78 is 6.94. The first kappa shape index (κ1) is 18.0. The molecule has 1 amide bonds. The Balaban J connectivity index is 1.64. The molecule has 7 heteroatoms. The van der Waals surface area contributed by atoms with E-state index in [0.29, 0.717) is 21.7 Å². The summed E-state index contributed by atoms with van der Waals surface area (Å²) in [5, 5.41) is 0.971. The van der Waals surface area contributed by atoms with Gasteiger partial charge in [0.05, 0.1) is 27.2 Å². The lowest BCUT2D eigenvalue weighted by Crippen LogP contribution is -2.29. The maximum absolute atomic E-state index is 13.6. The number of anilines is 1. The van der Waals surface area contributed by atoms with Crippen LogP contribution in [0.1, 0.15) is 33.3 Å². The Kier molecular flexibility index (Phi) is 3.82. The lowest BCUT2D eigenvalue weighted by molar-refractivity contribution is 0.0971. The monoisotopic (exact) mass is 425 g/mol. The number of hydrogen-bond donors (Lipinski definition) is 0. The molecule has 31 heavy (non-hydrogen) atoms. The largest absolute Gasteiger partial charge is 0.450 e. The van der Waals surface area contributed by atoms with Gasteiger partial charge in [0.25, 0.3) is 5.91 Å². The molecule has 0 N–H and O–H groups in total. The number of fused-ring (bicyclic) bond motifs is 3. The van der Waals surface area contributed by atoms with Crippen molar-refractivity contribution in [3.8, 4) is 0 Å². The molecule has 0 spiro atoms. The number of carbonyl (C=O) groups excluding carboxylic acids is 1. The Labute approximate surface area is 180 Å². The maximum atomic E-state index is 13.6. The zero-order valence-corrected chi connectivity index (χ0v) is 17.2. The van der Waals surface area contributed by atoms with Gasteiger partial charge in [-0.15, -0.1) is 0 Å². The van der Waals surface area contributed by atoms with Crippen LogP contribution in [0.3, 0.4) is 0 Å². The highest BCUT2D eigenvalue weighted by Crippen LogP contribution is 2.43. The molecule has 1 atom stereocenters. The Morgan fingerprint density at radius 2 is 1.94 bits per heavy atom. The van der Waals surface area contributed by atoms with E-state index in [1.165, 1.54) is 11.3 Å². The third kappa shape index (κ3) is 2.63. The molecule has 6 nitrogen and oxygen atoms in total. The van der Waals surface area contributed by atoms with Crippen LogP contribution in [-0.2, 0) is 0 Å². The number of thiazole rings is 1.